The molecule has 2 aromatic rings. The summed E-state index contributed by atoms with van der Waals surface area (Å²) in [6.07, 6.45) is 5.95. The Bertz CT molecular complexity index is 1080. The topological polar surface area (TPSA) is 95.9 Å². The van der Waals surface area contributed by atoms with Crippen molar-refractivity contribution in [3.63, 3.8) is 0 Å². The first-order valence-electron chi connectivity index (χ1n) is 12.7. The average molecular weight is 491 g/mol. The van der Waals surface area contributed by atoms with E-state index in [1.807, 2.05) is 66.7 Å². The second-order valence-corrected chi connectivity index (χ2v) is 9.52. The van der Waals surface area contributed by atoms with Crippen molar-refractivity contribution in [1.29, 1.82) is 0 Å². The van der Waals surface area contributed by atoms with E-state index in [1.165, 1.54) is 0 Å². The molecule has 3 atom stereocenters. The summed E-state index contributed by atoms with van der Waals surface area (Å²) in [7, 11) is 0. The van der Waals surface area contributed by atoms with E-state index in [2.05, 4.69) is 5.32 Å². The zero-order chi connectivity index (χ0) is 25.3. The van der Waals surface area contributed by atoms with Gasteiger partial charge >= 0.3 is 5.97 Å². The van der Waals surface area contributed by atoms with Crippen LogP contribution in [0.15, 0.2) is 66.7 Å². The fraction of sp³-hybridized carbons (Fsp3) is 0.414. The number of aliphatic hydroxyl groups excluding tert-OH is 1. The summed E-state index contributed by atoms with van der Waals surface area (Å²) in [5.41, 5.74) is 3.29. The Balaban J connectivity index is 1.43. The van der Waals surface area contributed by atoms with E-state index in [4.69, 9.17) is 4.74 Å². The van der Waals surface area contributed by atoms with Gasteiger partial charge in [0.25, 0.3) is 0 Å². The molecule has 2 aromatic carbocycles. The molecule has 0 radical (unpaired) electrons. The molecular weight excluding hydrogens is 456 g/mol. The Morgan fingerprint density at radius 1 is 0.972 bits per heavy atom. The highest BCUT2D eigenvalue weighted by atomic mass is 16.5. The Morgan fingerprint density at radius 2 is 1.67 bits per heavy atom. The van der Waals surface area contributed by atoms with Crippen molar-refractivity contribution in [2.45, 2.75) is 44.7 Å². The van der Waals surface area contributed by atoms with E-state index >= 15 is 0 Å². The van der Waals surface area contributed by atoms with Crippen LogP contribution < -0.4 is 5.32 Å². The quantitative estimate of drug-likeness (QED) is 0.496. The number of aliphatic hydroxyl groups is 1. The highest BCUT2D eigenvalue weighted by Gasteiger charge is 2.32. The van der Waals surface area contributed by atoms with Crippen molar-refractivity contribution >= 4 is 17.8 Å². The van der Waals surface area contributed by atoms with Crippen molar-refractivity contribution < 1.29 is 24.2 Å². The summed E-state index contributed by atoms with van der Waals surface area (Å²) < 4.78 is 5.43. The van der Waals surface area contributed by atoms with E-state index in [9.17, 15) is 19.5 Å². The highest BCUT2D eigenvalue weighted by Crippen LogP contribution is 2.25. The van der Waals surface area contributed by atoms with Crippen LogP contribution in [0.5, 0.6) is 0 Å². The van der Waals surface area contributed by atoms with Gasteiger partial charge in [-0.2, -0.15) is 0 Å². The average Bonchev–Trinajstić information content (AvgIpc) is 2.90. The van der Waals surface area contributed by atoms with E-state index in [0.29, 0.717) is 32.2 Å². The van der Waals surface area contributed by atoms with Gasteiger partial charge in [-0.25, -0.2) is 0 Å². The lowest BCUT2D eigenvalue weighted by molar-refractivity contribution is -0.148. The lowest BCUT2D eigenvalue weighted by atomic mass is 9.92. The molecule has 0 spiro atoms. The first kappa shape index (κ1) is 25.6. The Hall–Kier alpha value is -3.45. The van der Waals surface area contributed by atoms with E-state index < -0.39 is 5.92 Å². The van der Waals surface area contributed by atoms with Crippen LogP contribution >= 0.6 is 0 Å². The van der Waals surface area contributed by atoms with Gasteiger partial charge in [0.2, 0.25) is 11.8 Å². The number of nitrogens with one attached hydrogen (secondary N) is 1. The van der Waals surface area contributed by atoms with Crippen LogP contribution in [0.3, 0.4) is 0 Å². The first-order valence-corrected chi connectivity index (χ1v) is 12.7. The highest BCUT2D eigenvalue weighted by molar-refractivity contribution is 5.86. The largest absolute Gasteiger partial charge is 0.464 e. The van der Waals surface area contributed by atoms with E-state index in [-0.39, 0.29) is 55.9 Å². The minimum atomic E-state index is -0.534. The maximum absolute atomic E-state index is 13.3. The van der Waals surface area contributed by atoms with Crippen LogP contribution in [0, 0.1) is 11.8 Å². The van der Waals surface area contributed by atoms with Crippen LogP contribution in [-0.4, -0.2) is 53.6 Å². The third-order valence-corrected chi connectivity index (χ3v) is 6.99. The maximum atomic E-state index is 13.3. The number of carbonyl (C=O) groups excluding carboxylic acids is 3. The van der Waals surface area contributed by atoms with Crippen molar-refractivity contribution in [2.24, 2.45) is 11.8 Å². The second kappa shape index (κ2) is 12.5. The number of benzene rings is 2. The summed E-state index contributed by atoms with van der Waals surface area (Å²) in [5, 5.41) is 12.7. The normalized spacial score (nSPS) is 23.0. The molecule has 2 aliphatic heterocycles. The van der Waals surface area contributed by atoms with Crippen molar-refractivity contribution in [1.82, 2.24) is 10.2 Å². The van der Waals surface area contributed by atoms with Gasteiger partial charge in [-0.1, -0.05) is 66.7 Å². The van der Waals surface area contributed by atoms with Crippen LogP contribution in [-0.2, 0) is 38.5 Å². The molecule has 0 saturated heterocycles. The molecule has 0 saturated carbocycles. The first-order chi connectivity index (χ1) is 17.5. The Kier molecular flexibility index (Phi) is 8.90. The number of hydrogen-bond acceptors (Lipinski definition) is 5. The van der Waals surface area contributed by atoms with Crippen LogP contribution in [0.4, 0.5) is 0 Å². The molecule has 0 aliphatic carbocycles. The third-order valence-electron chi connectivity index (χ3n) is 6.99. The lowest BCUT2D eigenvalue weighted by Gasteiger charge is -2.36. The van der Waals surface area contributed by atoms with Crippen molar-refractivity contribution in [2.75, 3.05) is 19.8 Å². The summed E-state index contributed by atoms with van der Waals surface area (Å²) in [4.78, 5) is 40.5. The van der Waals surface area contributed by atoms with Gasteiger partial charge in [-0.3, -0.25) is 14.4 Å². The molecular formula is C29H34N2O5. The van der Waals surface area contributed by atoms with Crippen molar-refractivity contribution in [3.8, 4) is 0 Å². The number of allylic oxidation sites excluding steroid dienone is 2. The smallest absolute Gasteiger partial charge is 0.309 e. The van der Waals surface area contributed by atoms with Gasteiger partial charge < -0.3 is 20.1 Å². The fourth-order valence-corrected chi connectivity index (χ4v) is 4.92. The number of carbonyl (C=O) groups is 3. The maximum Gasteiger partial charge on any atom is 0.309 e. The molecule has 2 aliphatic rings. The Labute approximate surface area is 212 Å². The molecule has 0 aromatic heterocycles. The Morgan fingerprint density at radius 3 is 2.42 bits per heavy atom. The second-order valence-electron chi connectivity index (χ2n) is 9.52. The van der Waals surface area contributed by atoms with Gasteiger partial charge in [0.15, 0.2) is 0 Å². The van der Waals surface area contributed by atoms with Gasteiger partial charge in [-0.15, -0.1) is 0 Å². The molecule has 0 fully saturated rings. The minimum absolute atomic E-state index is 0.0576. The summed E-state index contributed by atoms with van der Waals surface area (Å²) in [6, 6.07) is 17.5. The predicted molar refractivity (Wildman–Crippen MR) is 136 cm³/mol. The number of esters is 1. The fourth-order valence-electron chi connectivity index (χ4n) is 4.92. The zero-order valence-corrected chi connectivity index (χ0v) is 20.5. The van der Waals surface area contributed by atoms with Gasteiger partial charge in [0, 0.05) is 13.0 Å². The van der Waals surface area contributed by atoms with E-state index in [0.717, 1.165) is 16.7 Å². The summed E-state index contributed by atoms with van der Waals surface area (Å²) in [6.45, 7) is 0.607. The standard InChI is InChI=1S/C29H34N2O5/c32-20-26-17-22-10-4-7-13-25(22)19-31(26)27(33)18-23-11-5-6-12-24(16-21-8-2-1-3-9-21)29(35)36-15-14-30-28(23)34/h1-10,13,23-24,26,32H,11-12,14-20H2,(H,30,34). The summed E-state index contributed by atoms with van der Waals surface area (Å²) in [5.74, 6) is -1.49. The molecule has 0 bridgehead atoms. The predicted octanol–water partition coefficient (Wildman–Crippen LogP) is 2.81. The van der Waals surface area contributed by atoms with Gasteiger partial charge in [-0.05, 0) is 42.4 Å². The molecule has 7 nitrogen and oxygen atoms in total. The van der Waals surface area contributed by atoms with Crippen molar-refractivity contribution in [3.05, 3.63) is 83.4 Å². The van der Waals surface area contributed by atoms with Crippen LogP contribution in [0.2, 0.25) is 0 Å². The van der Waals surface area contributed by atoms with E-state index in [1.54, 1.807) is 4.90 Å². The number of nitrogens with zero attached hydrogens (tertiary/aromatic N) is 1. The zero-order valence-electron chi connectivity index (χ0n) is 20.5. The third kappa shape index (κ3) is 6.61. The SMILES string of the molecule is O=C1NCCOC(=O)C(Cc2ccccc2)CC=CCC1CC(=O)N1Cc2ccccc2CC1CO. The molecule has 36 heavy (non-hydrogen) atoms. The molecule has 4 rings (SSSR count). The lowest BCUT2D eigenvalue weighted by Crippen LogP contribution is -2.47. The van der Waals surface area contributed by atoms with Gasteiger partial charge in [0.05, 0.1) is 31.0 Å². The summed E-state index contributed by atoms with van der Waals surface area (Å²) >= 11 is 0. The molecule has 2 N–H and O–H groups in total. The number of cyclic esters (lactones) is 1. The van der Waals surface area contributed by atoms with Gasteiger partial charge in [0.1, 0.15) is 6.61 Å². The molecule has 190 valence electrons. The number of rotatable bonds is 5. The number of ether oxygens (including phenoxy) is 1. The monoisotopic (exact) mass is 490 g/mol. The van der Waals surface area contributed by atoms with Crippen LogP contribution in [0.1, 0.15) is 36.0 Å². The number of hydrogen-bond donors (Lipinski definition) is 2. The molecule has 3 unspecified atom stereocenters. The minimum Gasteiger partial charge on any atom is -0.464 e. The number of amides is 2. The molecule has 2 heterocycles. The molecule has 7 heteroatoms. The van der Waals surface area contributed by atoms with Crippen LogP contribution in [0.25, 0.3) is 0 Å². The molecule has 2 amide bonds. The number of fused-ring (bicyclic) bond motifs is 1.